The van der Waals surface area contributed by atoms with Gasteiger partial charge in [-0.05, 0) is 36.8 Å². The van der Waals surface area contributed by atoms with E-state index in [1.54, 1.807) is 0 Å². The molecule has 0 saturated carbocycles. The zero-order chi connectivity index (χ0) is 28.5. The first-order valence-corrected chi connectivity index (χ1v) is 13.5. The van der Waals surface area contributed by atoms with Gasteiger partial charge in [0, 0.05) is 25.7 Å². The summed E-state index contributed by atoms with van der Waals surface area (Å²) in [7, 11) is 0. The molecule has 2 fully saturated rings. The summed E-state index contributed by atoms with van der Waals surface area (Å²) in [5.41, 5.74) is 13.7. The SMILES string of the molecule is CCc1c(C#N)c(SC(C(N)=O)c2ccccc2)nc(N2CCC(N3CCC(N)C3=O)CC2)c1C#N.O=CO. The Morgan fingerprint density at radius 2 is 1.79 bits per heavy atom. The van der Waals surface area contributed by atoms with Gasteiger partial charge < -0.3 is 26.4 Å². The molecule has 3 heterocycles. The van der Waals surface area contributed by atoms with Gasteiger partial charge >= 0.3 is 0 Å². The van der Waals surface area contributed by atoms with Gasteiger partial charge in [0.15, 0.2) is 0 Å². The van der Waals surface area contributed by atoms with Crippen molar-refractivity contribution in [2.24, 2.45) is 11.5 Å². The van der Waals surface area contributed by atoms with Crippen molar-refractivity contribution in [1.82, 2.24) is 9.88 Å². The number of aromatic nitrogens is 1. The molecule has 0 aliphatic carbocycles. The molecule has 2 aliphatic heterocycles. The standard InChI is InChI=1S/C26H29N7O2S.CH2O2/c1-2-18-19(14-27)24(32-11-8-17(9-12-32)33-13-10-21(29)26(33)35)31-25(20(18)15-28)36-22(23(30)34)16-6-4-3-5-7-16;2-1-3/h3-7,17,21-22H,2,8-13,29H2,1H3,(H2,30,34);1H,(H,2,3). The molecule has 1 aromatic heterocycles. The second-order valence-electron chi connectivity index (χ2n) is 9.11. The van der Waals surface area contributed by atoms with Gasteiger partial charge in [0.1, 0.15) is 28.2 Å². The zero-order valence-corrected chi connectivity index (χ0v) is 22.4. The predicted octanol–water partition coefficient (Wildman–Crippen LogP) is 1.94. The van der Waals surface area contributed by atoms with E-state index in [0.29, 0.717) is 60.0 Å². The lowest BCUT2D eigenvalue weighted by Gasteiger charge is -2.38. The van der Waals surface area contributed by atoms with E-state index in [-0.39, 0.29) is 18.4 Å². The van der Waals surface area contributed by atoms with Crippen LogP contribution in [-0.2, 0) is 20.8 Å². The van der Waals surface area contributed by atoms with Crippen LogP contribution >= 0.6 is 11.8 Å². The number of nitrogens with two attached hydrogens (primary N) is 2. The third kappa shape index (κ3) is 6.48. The number of pyridine rings is 1. The molecule has 39 heavy (non-hydrogen) atoms. The molecule has 2 aromatic rings. The Kier molecular flexibility index (Phi) is 10.3. The van der Waals surface area contributed by atoms with Gasteiger partial charge in [-0.1, -0.05) is 49.0 Å². The first-order chi connectivity index (χ1) is 18.8. The number of nitriles is 2. The average Bonchev–Trinajstić information content (AvgIpc) is 3.29. The smallest absolute Gasteiger partial charge is 0.290 e. The summed E-state index contributed by atoms with van der Waals surface area (Å²) in [5.74, 6) is -0.0156. The van der Waals surface area contributed by atoms with Crippen molar-refractivity contribution < 1.29 is 19.5 Å². The number of rotatable bonds is 7. The minimum atomic E-state index is -0.729. The number of thioether (sulfide) groups is 1. The van der Waals surface area contributed by atoms with Crippen LogP contribution in [0.25, 0.3) is 0 Å². The highest BCUT2D eigenvalue weighted by atomic mass is 32.2. The third-order valence-corrected chi connectivity index (χ3v) is 8.16. The maximum atomic E-state index is 12.4. The van der Waals surface area contributed by atoms with Crippen molar-refractivity contribution in [3.63, 3.8) is 0 Å². The van der Waals surface area contributed by atoms with Crippen molar-refractivity contribution in [2.45, 2.75) is 55.0 Å². The number of carbonyl (C=O) groups is 3. The van der Waals surface area contributed by atoms with Crippen LogP contribution in [0.3, 0.4) is 0 Å². The van der Waals surface area contributed by atoms with E-state index in [1.165, 1.54) is 0 Å². The van der Waals surface area contributed by atoms with Gasteiger partial charge in [-0.15, -0.1) is 0 Å². The van der Waals surface area contributed by atoms with Crippen LogP contribution in [0.2, 0.25) is 0 Å². The Hall–Kier alpha value is -4.13. The molecular formula is C27H31N7O4S. The van der Waals surface area contributed by atoms with Crippen LogP contribution < -0.4 is 16.4 Å². The lowest BCUT2D eigenvalue weighted by Crippen LogP contribution is -2.47. The molecule has 12 heteroatoms. The number of carboxylic acid groups (broad SMARTS) is 1. The fourth-order valence-electron chi connectivity index (χ4n) is 5.00. The molecular weight excluding hydrogens is 518 g/mol. The predicted molar refractivity (Wildman–Crippen MR) is 146 cm³/mol. The van der Waals surface area contributed by atoms with Gasteiger partial charge in [0.05, 0.1) is 17.2 Å². The molecule has 0 radical (unpaired) electrons. The molecule has 204 valence electrons. The topological polar surface area (TPSA) is 190 Å². The fraction of sp³-hybridized carbons (Fsp3) is 0.407. The van der Waals surface area contributed by atoms with Gasteiger partial charge in [-0.3, -0.25) is 14.4 Å². The maximum absolute atomic E-state index is 12.4. The number of nitrogens with zero attached hydrogens (tertiary/aromatic N) is 5. The molecule has 1 aromatic carbocycles. The summed E-state index contributed by atoms with van der Waals surface area (Å²) in [6.45, 7) is 3.55. The number of primary amides is 1. The van der Waals surface area contributed by atoms with Crippen molar-refractivity contribution in [3.8, 4) is 12.1 Å². The molecule has 2 aliphatic rings. The molecule has 4 rings (SSSR count). The summed E-state index contributed by atoms with van der Waals surface area (Å²) in [5, 5.41) is 26.6. The van der Waals surface area contributed by atoms with Crippen LogP contribution in [0.4, 0.5) is 5.82 Å². The molecule has 2 atom stereocenters. The molecule has 11 nitrogen and oxygen atoms in total. The van der Waals surface area contributed by atoms with Gasteiger partial charge in [-0.25, -0.2) is 4.98 Å². The summed E-state index contributed by atoms with van der Waals surface area (Å²) in [6.07, 6.45) is 2.63. The fourth-order valence-corrected chi connectivity index (χ4v) is 6.06. The van der Waals surface area contributed by atoms with Crippen LogP contribution in [0, 0.1) is 22.7 Å². The molecule has 2 amide bonds. The highest BCUT2D eigenvalue weighted by Gasteiger charge is 2.36. The summed E-state index contributed by atoms with van der Waals surface area (Å²) in [6, 6.07) is 13.3. The first-order valence-electron chi connectivity index (χ1n) is 12.6. The second-order valence-corrected chi connectivity index (χ2v) is 10.2. The van der Waals surface area contributed by atoms with Gasteiger partial charge in [-0.2, -0.15) is 10.5 Å². The monoisotopic (exact) mass is 549 g/mol. The lowest BCUT2D eigenvalue weighted by molar-refractivity contribution is -0.131. The first kappa shape index (κ1) is 29.4. The molecule has 2 unspecified atom stereocenters. The van der Waals surface area contributed by atoms with Crippen LogP contribution in [0.1, 0.15) is 53.7 Å². The van der Waals surface area contributed by atoms with E-state index < -0.39 is 17.2 Å². The number of likely N-dealkylation sites (tertiary alicyclic amines) is 1. The Morgan fingerprint density at radius 3 is 2.28 bits per heavy atom. The van der Waals surface area contributed by atoms with Gasteiger partial charge in [0.25, 0.3) is 6.47 Å². The van der Waals surface area contributed by atoms with Crippen LogP contribution in [0.5, 0.6) is 0 Å². The van der Waals surface area contributed by atoms with E-state index in [2.05, 4.69) is 12.1 Å². The molecule has 2 saturated heterocycles. The summed E-state index contributed by atoms with van der Waals surface area (Å²) >= 11 is 1.14. The zero-order valence-electron chi connectivity index (χ0n) is 21.6. The number of carbonyl (C=O) groups excluding carboxylic acids is 2. The van der Waals surface area contributed by atoms with Crippen molar-refractivity contribution in [2.75, 3.05) is 24.5 Å². The largest absolute Gasteiger partial charge is 0.483 e. The van der Waals surface area contributed by atoms with Crippen molar-refractivity contribution >= 4 is 35.9 Å². The van der Waals surface area contributed by atoms with E-state index >= 15 is 0 Å². The number of piperidine rings is 1. The second kappa shape index (κ2) is 13.6. The van der Waals surface area contributed by atoms with Crippen molar-refractivity contribution in [1.29, 1.82) is 10.5 Å². The van der Waals surface area contributed by atoms with E-state index in [0.717, 1.165) is 30.2 Å². The average molecular weight is 550 g/mol. The number of hydrogen-bond acceptors (Lipinski definition) is 9. The number of benzene rings is 1. The Balaban J connectivity index is 0.00000134. The Bertz CT molecular complexity index is 1280. The normalized spacial score (nSPS) is 17.9. The number of anilines is 1. The van der Waals surface area contributed by atoms with E-state index in [9.17, 15) is 20.1 Å². The highest BCUT2D eigenvalue weighted by Crippen LogP contribution is 2.40. The van der Waals surface area contributed by atoms with Crippen molar-refractivity contribution in [3.05, 3.63) is 52.6 Å². The minimum Gasteiger partial charge on any atom is -0.483 e. The summed E-state index contributed by atoms with van der Waals surface area (Å²) < 4.78 is 0. The Labute approximate surface area is 231 Å². The Morgan fingerprint density at radius 1 is 1.18 bits per heavy atom. The van der Waals surface area contributed by atoms with Crippen LogP contribution in [-0.4, -0.2) is 65.0 Å². The molecule has 0 bridgehead atoms. The number of hydrogen-bond donors (Lipinski definition) is 3. The summed E-state index contributed by atoms with van der Waals surface area (Å²) in [4.78, 5) is 41.8. The lowest BCUT2D eigenvalue weighted by atomic mass is 9.99. The quantitative estimate of drug-likeness (QED) is 0.340. The minimum absolute atomic E-state index is 0.00743. The highest BCUT2D eigenvalue weighted by molar-refractivity contribution is 8.00. The maximum Gasteiger partial charge on any atom is 0.290 e. The molecule has 5 N–H and O–H groups in total. The van der Waals surface area contributed by atoms with E-state index in [1.807, 2.05) is 47.1 Å². The van der Waals surface area contributed by atoms with E-state index in [4.69, 9.17) is 26.4 Å². The van der Waals surface area contributed by atoms with Gasteiger partial charge in [0.2, 0.25) is 11.8 Å². The number of amides is 2. The van der Waals surface area contributed by atoms with Crippen LogP contribution in [0.15, 0.2) is 35.4 Å². The third-order valence-electron chi connectivity index (χ3n) is 6.90. The molecule has 0 spiro atoms.